The molecule has 0 saturated carbocycles. The lowest BCUT2D eigenvalue weighted by molar-refractivity contribution is 0.373. The lowest BCUT2D eigenvalue weighted by Gasteiger charge is -2.05. The summed E-state index contributed by atoms with van der Waals surface area (Å²) in [5.74, 6) is 0.913. The van der Waals surface area contributed by atoms with Crippen LogP contribution in [0.25, 0.3) is 10.2 Å². The molecule has 3 rings (SSSR count). The predicted octanol–water partition coefficient (Wildman–Crippen LogP) is 2.36. The van der Waals surface area contributed by atoms with Crippen molar-refractivity contribution in [2.24, 2.45) is 5.10 Å². The van der Waals surface area contributed by atoms with Crippen LogP contribution >= 0.6 is 11.3 Å². The zero-order chi connectivity index (χ0) is 15.7. The van der Waals surface area contributed by atoms with E-state index in [1.165, 1.54) is 35.4 Å². The number of thiophene rings is 1. The van der Waals surface area contributed by atoms with Gasteiger partial charge in [0.1, 0.15) is 10.7 Å². The maximum absolute atomic E-state index is 12.4. The van der Waals surface area contributed by atoms with Gasteiger partial charge in [-0.1, -0.05) is 0 Å². The van der Waals surface area contributed by atoms with E-state index in [-0.39, 0.29) is 11.3 Å². The Kier molecular flexibility index (Phi) is 3.64. The van der Waals surface area contributed by atoms with Crippen LogP contribution in [0.4, 0.5) is 0 Å². The van der Waals surface area contributed by atoms with Crippen molar-refractivity contribution in [2.75, 3.05) is 7.11 Å². The minimum absolute atomic E-state index is 0.0503. The Morgan fingerprint density at radius 2 is 2.23 bits per heavy atom. The number of benzene rings is 1. The second-order valence-electron chi connectivity index (χ2n) is 4.59. The third kappa shape index (κ3) is 2.46. The molecule has 2 aromatic heterocycles. The Hall–Kier alpha value is -2.67. The molecule has 0 aliphatic heterocycles. The Bertz CT molecular complexity index is 927. The van der Waals surface area contributed by atoms with E-state index in [0.29, 0.717) is 27.4 Å². The topological polar surface area (TPSA) is 76.7 Å². The molecule has 0 atom stereocenters. The number of nitrogens with zero attached hydrogens (tertiary/aromatic N) is 3. The molecule has 0 unspecified atom stereocenters. The molecule has 22 heavy (non-hydrogen) atoms. The number of ether oxygens (including phenoxy) is 1. The molecule has 0 saturated heterocycles. The highest BCUT2D eigenvalue weighted by Crippen LogP contribution is 2.25. The van der Waals surface area contributed by atoms with Crippen molar-refractivity contribution in [2.45, 2.75) is 6.92 Å². The molecular weight excluding hydrogens is 302 g/mol. The fourth-order valence-electron chi connectivity index (χ4n) is 2.04. The molecule has 3 aromatic rings. The molecule has 0 aliphatic carbocycles. The van der Waals surface area contributed by atoms with E-state index in [2.05, 4.69) is 10.1 Å². The lowest BCUT2D eigenvalue weighted by Crippen LogP contribution is -2.19. The number of hydrogen-bond acceptors (Lipinski definition) is 6. The highest BCUT2D eigenvalue weighted by molar-refractivity contribution is 7.16. The number of rotatable bonds is 3. The van der Waals surface area contributed by atoms with Crippen LogP contribution in [0.5, 0.6) is 11.5 Å². The maximum atomic E-state index is 12.4. The number of phenols is 1. The summed E-state index contributed by atoms with van der Waals surface area (Å²) in [5.41, 5.74) is 0.497. The largest absolute Gasteiger partial charge is 0.504 e. The van der Waals surface area contributed by atoms with Gasteiger partial charge in [0.05, 0.1) is 18.7 Å². The molecule has 0 aliphatic rings. The van der Waals surface area contributed by atoms with Crippen LogP contribution in [0.15, 0.2) is 39.5 Å². The van der Waals surface area contributed by atoms with Crippen molar-refractivity contribution in [3.63, 3.8) is 0 Å². The molecule has 0 bridgehead atoms. The molecule has 7 heteroatoms. The van der Waals surface area contributed by atoms with E-state index in [9.17, 15) is 9.90 Å². The first-order valence-corrected chi connectivity index (χ1v) is 7.36. The highest BCUT2D eigenvalue weighted by Gasteiger charge is 2.08. The maximum Gasteiger partial charge on any atom is 0.282 e. The van der Waals surface area contributed by atoms with Gasteiger partial charge in [0.25, 0.3) is 5.56 Å². The Morgan fingerprint density at radius 3 is 3.00 bits per heavy atom. The smallest absolute Gasteiger partial charge is 0.282 e. The minimum Gasteiger partial charge on any atom is -0.504 e. The average Bonchev–Trinajstić information content (AvgIpc) is 2.97. The number of aryl methyl sites for hydroxylation is 1. The van der Waals surface area contributed by atoms with Crippen LogP contribution in [0.2, 0.25) is 0 Å². The standard InChI is InChI=1S/C15H13N3O3S/c1-9-17-14-11(5-6-22-14)15(20)18(9)16-8-10-3-4-12(19)13(7-10)21-2/h3-8,19H,1-2H3/b16-8+. The van der Waals surface area contributed by atoms with Crippen molar-refractivity contribution in [1.82, 2.24) is 9.66 Å². The summed E-state index contributed by atoms with van der Waals surface area (Å²) >= 11 is 1.42. The first-order chi connectivity index (χ1) is 10.6. The fraction of sp³-hybridized carbons (Fsp3) is 0.133. The number of fused-ring (bicyclic) bond motifs is 1. The third-order valence-corrected chi connectivity index (χ3v) is 3.97. The number of aromatic hydroxyl groups is 1. The molecule has 1 N–H and O–H groups in total. The number of methoxy groups -OCH3 is 1. The average molecular weight is 315 g/mol. The van der Waals surface area contributed by atoms with E-state index in [0.717, 1.165) is 0 Å². The van der Waals surface area contributed by atoms with Gasteiger partial charge in [-0.15, -0.1) is 11.3 Å². The first kappa shape index (κ1) is 14.3. The number of aromatic nitrogens is 2. The number of hydrogen-bond donors (Lipinski definition) is 1. The SMILES string of the molecule is COc1cc(/C=N/n2c(C)nc3sccc3c2=O)ccc1O. The summed E-state index contributed by atoms with van der Waals surface area (Å²) in [6.45, 7) is 1.73. The van der Waals surface area contributed by atoms with Crippen LogP contribution < -0.4 is 10.3 Å². The highest BCUT2D eigenvalue weighted by atomic mass is 32.1. The van der Waals surface area contributed by atoms with Crippen LogP contribution in [0, 0.1) is 6.92 Å². The van der Waals surface area contributed by atoms with Gasteiger partial charge in [-0.3, -0.25) is 4.79 Å². The van der Waals surface area contributed by atoms with Gasteiger partial charge >= 0.3 is 0 Å². The normalized spacial score (nSPS) is 11.4. The van der Waals surface area contributed by atoms with Crippen molar-refractivity contribution in [3.8, 4) is 11.5 Å². The van der Waals surface area contributed by atoms with E-state index < -0.39 is 0 Å². The monoisotopic (exact) mass is 315 g/mol. The Balaban J connectivity index is 2.04. The summed E-state index contributed by atoms with van der Waals surface area (Å²) in [6, 6.07) is 6.56. The first-order valence-electron chi connectivity index (χ1n) is 6.48. The van der Waals surface area contributed by atoms with Crippen LogP contribution in [0.3, 0.4) is 0 Å². The summed E-state index contributed by atoms with van der Waals surface area (Å²) < 4.78 is 6.30. The number of phenolic OH excluding ortho intramolecular Hbond substituents is 1. The zero-order valence-electron chi connectivity index (χ0n) is 12.0. The van der Waals surface area contributed by atoms with Crippen LogP contribution in [-0.4, -0.2) is 28.1 Å². The van der Waals surface area contributed by atoms with E-state index >= 15 is 0 Å². The quantitative estimate of drug-likeness (QED) is 0.753. The summed E-state index contributed by atoms with van der Waals surface area (Å²) in [5, 5.41) is 16.1. The Morgan fingerprint density at radius 1 is 1.41 bits per heavy atom. The summed E-state index contributed by atoms with van der Waals surface area (Å²) in [7, 11) is 1.47. The van der Waals surface area contributed by atoms with Gasteiger partial charge in [-0.2, -0.15) is 9.78 Å². The molecule has 0 spiro atoms. The summed E-state index contributed by atoms with van der Waals surface area (Å²) in [6.07, 6.45) is 1.52. The zero-order valence-corrected chi connectivity index (χ0v) is 12.8. The van der Waals surface area contributed by atoms with E-state index in [1.54, 1.807) is 25.1 Å². The molecule has 6 nitrogen and oxygen atoms in total. The fourth-order valence-corrected chi connectivity index (χ4v) is 2.84. The van der Waals surface area contributed by atoms with Gasteiger partial charge in [0.2, 0.25) is 0 Å². The molecule has 0 fully saturated rings. The van der Waals surface area contributed by atoms with Gasteiger partial charge in [0, 0.05) is 0 Å². The third-order valence-electron chi connectivity index (χ3n) is 3.16. The molecule has 0 radical (unpaired) electrons. The van der Waals surface area contributed by atoms with Crippen LogP contribution in [0.1, 0.15) is 11.4 Å². The Labute approximate surface area is 129 Å². The van der Waals surface area contributed by atoms with Crippen molar-refractivity contribution in [3.05, 3.63) is 51.4 Å². The molecule has 112 valence electrons. The lowest BCUT2D eigenvalue weighted by atomic mass is 10.2. The van der Waals surface area contributed by atoms with Crippen molar-refractivity contribution in [1.29, 1.82) is 0 Å². The molecule has 2 heterocycles. The van der Waals surface area contributed by atoms with E-state index in [1.807, 2.05) is 5.38 Å². The second kappa shape index (κ2) is 5.61. The van der Waals surface area contributed by atoms with Crippen molar-refractivity contribution < 1.29 is 9.84 Å². The second-order valence-corrected chi connectivity index (χ2v) is 5.49. The van der Waals surface area contributed by atoms with Crippen LogP contribution in [-0.2, 0) is 0 Å². The van der Waals surface area contributed by atoms with Gasteiger partial charge in [-0.05, 0) is 42.1 Å². The molecule has 1 aromatic carbocycles. The van der Waals surface area contributed by atoms with Crippen molar-refractivity contribution >= 4 is 27.8 Å². The minimum atomic E-state index is -0.203. The van der Waals surface area contributed by atoms with E-state index in [4.69, 9.17) is 4.74 Å². The molecular formula is C15H13N3O3S. The van der Waals surface area contributed by atoms with Gasteiger partial charge < -0.3 is 9.84 Å². The molecule has 0 amide bonds. The van der Waals surface area contributed by atoms with Gasteiger partial charge in [0.15, 0.2) is 11.5 Å². The summed E-state index contributed by atoms with van der Waals surface area (Å²) in [4.78, 5) is 17.4. The van der Waals surface area contributed by atoms with Gasteiger partial charge in [-0.25, -0.2) is 4.98 Å². The predicted molar refractivity (Wildman–Crippen MR) is 86.3 cm³/mol.